The maximum Gasteiger partial charge on any atom is 0.140 e. The quantitative estimate of drug-likeness (QED) is 0.865. The average Bonchev–Trinajstić information content (AvgIpc) is 2.89. The summed E-state index contributed by atoms with van der Waals surface area (Å²) in [4.78, 5) is 0. The lowest BCUT2D eigenvalue weighted by atomic mass is 9.89. The van der Waals surface area contributed by atoms with E-state index in [1.165, 1.54) is 29.3 Å². The molecule has 0 bridgehead atoms. The second-order valence-corrected chi connectivity index (χ2v) is 6.08. The second-order valence-electron chi connectivity index (χ2n) is 6.08. The molecule has 1 aromatic carbocycles. The number of rotatable bonds is 1. The fourth-order valence-electron chi connectivity index (χ4n) is 3.50. The van der Waals surface area contributed by atoms with Crippen LogP contribution in [0, 0.1) is 5.92 Å². The smallest absolute Gasteiger partial charge is 0.140 e. The molecular formula is C16H20N4. The minimum Gasteiger partial charge on any atom is -0.385 e. The third kappa shape index (κ3) is 1.82. The zero-order valence-electron chi connectivity index (χ0n) is 11.8. The number of para-hydroxylation sites is 1. The molecule has 2 unspecified atom stereocenters. The zero-order valence-corrected chi connectivity index (χ0v) is 11.8. The van der Waals surface area contributed by atoms with Crippen molar-refractivity contribution >= 4 is 5.69 Å². The minimum atomic E-state index is 0.391. The molecule has 3 heterocycles. The van der Waals surface area contributed by atoms with Gasteiger partial charge in [0.05, 0.1) is 0 Å². The minimum absolute atomic E-state index is 0.391. The molecule has 0 spiro atoms. The number of aromatic nitrogens is 3. The Morgan fingerprint density at radius 3 is 3.05 bits per heavy atom. The number of anilines is 1. The van der Waals surface area contributed by atoms with Gasteiger partial charge >= 0.3 is 0 Å². The number of hydrogen-bond donors (Lipinski definition) is 1. The molecule has 20 heavy (non-hydrogen) atoms. The summed E-state index contributed by atoms with van der Waals surface area (Å²) in [5.74, 6) is 3.47. The Balaban J connectivity index is 1.76. The highest BCUT2D eigenvalue weighted by molar-refractivity contribution is 5.56. The van der Waals surface area contributed by atoms with E-state index in [-0.39, 0.29) is 0 Å². The van der Waals surface area contributed by atoms with Crippen LogP contribution in [0.15, 0.2) is 24.3 Å². The fourth-order valence-corrected chi connectivity index (χ4v) is 3.50. The monoisotopic (exact) mass is 268 g/mol. The maximum atomic E-state index is 4.54. The van der Waals surface area contributed by atoms with Crippen molar-refractivity contribution in [3.8, 4) is 0 Å². The lowest BCUT2D eigenvalue weighted by molar-refractivity contribution is 0.398. The Kier molecular flexibility index (Phi) is 2.76. The Bertz CT molecular complexity index is 631. The number of fused-ring (bicyclic) bond motifs is 2. The summed E-state index contributed by atoms with van der Waals surface area (Å²) in [6, 6.07) is 8.60. The predicted octanol–water partition coefficient (Wildman–Crippen LogP) is 2.81. The molecule has 0 saturated heterocycles. The predicted molar refractivity (Wildman–Crippen MR) is 78.9 cm³/mol. The first kappa shape index (κ1) is 11.9. The summed E-state index contributed by atoms with van der Waals surface area (Å²) < 4.78 is 2.37. The highest BCUT2D eigenvalue weighted by atomic mass is 15.3. The van der Waals surface area contributed by atoms with Crippen LogP contribution < -0.4 is 5.32 Å². The van der Waals surface area contributed by atoms with Gasteiger partial charge in [-0.25, -0.2) is 0 Å². The number of nitrogens with zero attached hydrogens (tertiary/aromatic N) is 3. The van der Waals surface area contributed by atoms with E-state index in [4.69, 9.17) is 0 Å². The zero-order chi connectivity index (χ0) is 13.5. The molecule has 2 aliphatic rings. The van der Waals surface area contributed by atoms with Crippen molar-refractivity contribution in [3.63, 3.8) is 0 Å². The van der Waals surface area contributed by atoms with Crippen LogP contribution in [-0.4, -0.2) is 21.3 Å². The summed E-state index contributed by atoms with van der Waals surface area (Å²) in [5, 5.41) is 12.5. The Morgan fingerprint density at radius 1 is 1.20 bits per heavy atom. The molecule has 0 saturated carbocycles. The van der Waals surface area contributed by atoms with Gasteiger partial charge in [0.1, 0.15) is 11.6 Å². The highest BCUT2D eigenvalue weighted by Gasteiger charge is 2.29. The van der Waals surface area contributed by atoms with Gasteiger partial charge < -0.3 is 9.88 Å². The van der Waals surface area contributed by atoms with Crippen molar-refractivity contribution < 1.29 is 0 Å². The van der Waals surface area contributed by atoms with Gasteiger partial charge in [0.15, 0.2) is 0 Å². The van der Waals surface area contributed by atoms with Crippen LogP contribution in [0.5, 0.6) is 0 Å². The molecule has 0 aliphatic carbocycles. The topological polar surface area (TPSA) is 42.7 Å². The molecule has 0 fully saturated rings. The van der Waals surface area contributed by atoms with Crippen LogP contribution in [0.2, 0.25) is 0 Å². The summed E-state index contributed by atoms with van der Waals surface area (Å²) in [6.07, 6.45) is 3.41. The van der Waals surface area contributed by atoms with Crippen LogP contribution in [0.25, 0.3) is 0 Å². The standard InChI is InChI=1S/C16H20N4/c1-11-7-9-20-15(10-11)18-19-16(20)13-6-8-17-14-5-3-2-4-12(13)14/h2-5,11,13,17H,6-10H2,1H3. The van der Waals surface area contributed by atoms with E-state index in [1.54, 1.807) is 0 Å². The van der Waals surface area contributed by atoms with E-state index in [9.17, 15) is 0 Å². The van der Waals surface area contributed by atoms with Gasteiger partial charge in [0, 0.05) is 31.1 Å². The first-order chi connectivity index (χ1) is 9.83. The van der Waals surface area contributed by atoms with Gasteiger partial charge in [-0.05, 0) is 30.4 Å². The van der Waals surface area contributed by atoms with Crippen molar-refractivity contribution in [3.05, 3.63) is 41.5 Å². The number of nitrogens with one attached hydrogen (secondary N) is 1. The van der Waals surface area contributed by atoms with Crippen LogP contribution in [0.3, 0.4) is 0 Å². The van der Waals surface area contributed by atoms with Crippen molar-refractivity contribution in [2.24, 2.45) is 5.92 Å². The molecule has 2 aliphatic heterocycles. The van der Waals surface area contributed by atoms with Gasteiger partial charge in [-0.15, -0.1) is 10.2 Å². The van der Waals surface area contributed by atoms with E-state index < -0.39 is 0 Å². The van der Waals surface area contributed by atoms with Gasteiger partial charge in [-0.1, -0.05) is 25.1 Å². The van der Waals surface area contributed by atoms with Crippen molar-refractivity contribution in [2.75, 3.05) is 11.9 Å². The van der Waals surface area contributed by atoms with Crippen molar-refractivity contribution in [1.82, 2.24) is 14.8 Å². The first-order valence-corrected chi connectivity index (χ1v) is 7.57. The summed E-state index contributed by atoms with van der Waals surface area (Å²) >= 11 is 0. The van der Waals surface area contributed by atoms with Crippen LogP contribution >= 0.6 is 0 Å². The Hall–Kier alpha value is -1.84. The molecule has 1 N–H and O–H groups in total. The van der Waals surface area contributed by atoms with Crippen LogP contribution in [0.1, 0.15) is 42.9 Å². The highest BCUT2D eigenvalue weighted by Crippen LogP contribution is 2.36. The largest absolute Gasteiger partial charge is 0.385 e. The van der Waals surface area contributed by atoms with Gasteiger partial charge in [0.2, 0.25) is 0 Å². The van der Waals surface area contributed by atoms with Gasteiger partial charge in [0.25, 0.3) is 0 Å². The average molecular weight is 268 g/mol. The SMILES string of the molecule is CC1CCn2c(nnc2C2CCNc3ccccc32)C1. The molecular weight excluding hydrogens is 248 g/mol. The Labute approximate surface area is 119 Å². The molecule has 0 amide bonds. The molecule has 2 aromatic rings. The van der Waals surface area contributed by atoms with E-state index in [0.717, 1.165) is 31.8 Å². The number of hydrogen-bond acceptors (Lipinski definition) is 3. The van der Waals surface area contributed by atoms with Crippen LogP contribution in [0.4, 0.5) is 5.69 Å². The molecule has 4 heteroatoms. The lowest BCUT2D eigenvalue weighted by Gasteiger charge is -2.28. The van der Waals surface area contributed by atoms with Crippen LogP contribution in [-0.2, 0) is 13.0 Å². The summed E-state index contributed by atoms with van der Waals surface area (Å²) in [5.41, 5.74) is 2.62. The van der Waals surface area contributed by atoms with Gasteiger partial charge in [-0.3, -0.25) is 0 Å². The maximum absolute atomic E-state index is 4.54. The molecule has 4 rings (SSSR count). The normalized spacial score (nSPS) is 24.6. The van der Waals surface area contributed by atoms with E-state index >= 15 is 0 Å². The number of benzene rings is 1. The summed E-state index contributed by atoms with van der Waals surface area (Å²) in [7, 11) is 0. The van der Waals surface area contributed by atoms with Gasteiger partial charge in [-0.2, -0.15) is 0 Å². The van der Waals surface area contributed by atoms with E-state index in [0.29, 0.717) is 5.92 Å². The lowest BCUT2D eigenvalue weighted by Crippen LogP contribution is -2.24. The van der Waals surface area contributed by atoms with E-state index in [2.05, 4.69) is 51.3 Å². The fraction of sp³-hybridized carbons (Fsp3) is 0.500. The second kappa shape index (κ2) is 4.62. The molecule has 104 valence electrons. The van der Waals surface area contributed by atoms with E-state index in [1.807, 2.05) is 0 Å². The van der Waals surface area contributed by atoms with Crippen molar-refractivity contribution in [1.29, 1.82) is 0 Å². The third-order valence-corrected chi connectivity index (χ3v) is 4.63. The molecule has 4 nitrogen and oxygen atoms in total. The molecule has 0 radical (unpaired) electrons. The summed E-state index contributed by atoms with van der Waals surface area (Å²) in [6.45, 7) is 4.39. The van der Waals surface area contributed by atoms with Crippen molar-refractivity contribution in [2.45, 2.75) is 38.6 Å². The molecule has 1 aromatic heterocycles. The first-order valence-electron chi connectivity index (χ1n) is 7.57. The third-order valence-electron chi connectivity index (χ3n) is 4.63. The molecule has 2 atom stereocenters. The Morgan fingerprint density at radius 2 is 2.10 bits per heavy atom.